The van der Waals surface area contributed by atoms with Crippen LogP contribution in [-0.2, 0) is 38.7 Å². The zero-order valence-corrected chi connectivity index (χ0v) is 28.6. The molecule has 5 rings (SSSR count). The molecule has 1 fully saturated rings. The van der Waals surface area contributed by atoms with E-state index in [9.17, 15) is 29.1 Å². The number of aromatic nitrogens is 3. The molecule has 1 aliphatic heterocycles. The highest BCUT2D eigenvalue weighted by atomic mass is 16.5. The van der Waals surface area contributed by atoms with E-state index in [-0.39, 0.29) is 31.1 Å². The summed E-state index contributed by atoms with van der Waals surface area (Å²) in [5.74, 6) is -2.87. The highest BCUT2D eigenvalue weighted by Gasteiger charge is 2.53. The van der Waals surface area contributed by atoms with Crippen LogP contribution in [0.5, 0.6) is 5.75 Å². The fourth-order valence-electron chi connectivity index (χ4n) is 5.59. The maximum atomic E-state index is 13.6. The predicted octanol–water partition coefficient (Wildman–Crippen LogP) is 0.292. The van der Waals surface area contributed by atoms with Crippen molar-refractivity contribution in [2.45, 2.75) is 89.8 Å². The van der Waals surface area contributed by atoms with E-state index in [1.807, 2.05) is 37.3 Å². The van der Waals surface area contributed by atoms with Gasteiger partial charge in [0.05, 0.1) is 25.4 Å². The molecule has 4 atom stereocenters. The first kappa shape index (κ1) is 36.0. The number of nitrogens with one attached hydrogen (secondary N) is 5. The smallest absolute Gasteiger partial charge is 0.252 e. The van der Waals surface area contributed by atoms with Gasteiger partial charge in [-0.2, -0.15) is 0 Å². The van der Waals surface area contributed by atoms with Crippen LogP contribution in [0.25, 0.3) is 0 Å². The summed E-state index contributed by atoms with van der Waals surface area (Å²) in [7, 11) is 0. The Balaban J connectivity index is 1.43. The Morgan fingerprint density at radius 3 is 2.36 bits per heavy atom. The van der Waals surface area contributed by atoms with Crippen LogP contribution in [0.1, 0.15) is 60.8 Å². The minimum absolute atomic E-state index is 0.0211. The van der Waals surface area contributed by atoms with E-state index in [0.717, 1.165) is 11.1 Å². The van der Waals surface area contributed by atoms with Gasteiger partial charge < -0.3 is 36.4 Å². The Hall–Kier alpha value is -5.31. The van der Waals surface area contributed by atoms with Gasteiger partial charge in [-0.25, -0.2) is 4.68 Å². The highest BCUT2D eigenvalue weighted by Crippen LogP contribution is 2.36. The lowest BCUT2D eigenvalue weighted by atomic mass is 10.0. The van der Waals surface area contributed by atoms with Crippen molar-refractivity contribution < 1.29 is 33.8 Å². The fourth-order valence-corrected chi connectivity index (χ4v) is 5.59. The van der Waals surface area contributed by atoms with Gasteiger partial charge in [0, 0.05) is 12.0 Å². The van der Waals surface area contributed by atoms with Crippen LogP contribution < -0.4 is 31.3 Å². The Labute approximate surface area is 289 Å². The number of carbonyl (C=O) groups is 5. The maximum absolute atomic E-state index is 13.6. The zero-order chi connectivity index (χ0) is 36.0. The van der Waals surface area contributed by atoms with Crippen LogP contribution in [0.3, 0.4) is 0 Å². The van der Waals surface area contributed by atoms with Crippen LogP contribution in [0.2, 0.25) is 0 Å². The molecule has 266 valence electrons. The number of rotatable bonds is 4. The first-order valence-corrected chi connectivity index (χ1v) is 16.7. The number of ether oxygens (including phenoxy) is 1. The van der Waals surface area contributed by atoms with E-state index >= 15 is 0 Å². The van der Waals surface area contributed by atoms with Gasteiger partial charge >= 0.3 is 0 Å². The minimum Gasteiger partial charge on any atom is -0.491 e. The van der Waals surface area contributed by atoms with Crippen LogP contribution in [-0.4, -0.2) is 86.0 Å². The summed E-state index contributed by atoms with van der Waals surface area (Å²) >= 11 is 0. The number of amides is 5. The van der Waals surface area contributed by atoms with Crippen molar-refractivity contribution in [1.82, 2.24) is 41.6 Å². The fraction of sp³-hybridized carbons (Fsp3) is 0.457. The lowest BCUT2D eigenvalue weighted by molar-refractivity contribution is -0.136. The standard InChI is InChI=1S/C35H44N8O7/c1-20(2)28-33(48)40-35(12-13-35)34(49)39-29(22(4)44)32(47)37-26(16-23-8-6-5-7-9-23)31(46)36-18-25-19-43(42-41-25)14-15-50-27-17-24(30(45)38-28)11-10-21(27)3/h5-11,17,19-20,22,26,28-29,44H,12-16,18H2,1-4H3,(H,36,46)(H,37,47)(H,38,45)(H,39,49)(H,40,48)/t22-,26+,28-,29+/m1/s1. The van der Waals surface area contributed by atoms with Gasteiger partial charge in [-0.1, -0.05) is 55.5 Å². The number of carbonyl (C=O) groups excluding carboxylic acids is 5. The molecule has 5 amide bonds. The van der Waals surface area contributed by atoms with Gasteiger partial charge in [0.15, 0.2) is 0 Å². The van der Waals surface area contributed by atoms with Crippen LogP contribution >= 0.6 is 0 Å². The molecule has 1 saturated carbocycles. The molecule has 2 aliphatic rings. The minimum atomic E-state index is -1.44. The summed E-state index contributed by atoms with van der Waals surface area (Å²) < 4.78 is 7.54. The molecule has 0 saturated heterocycles. The molecule has 2 heterocycles. The molecule has 0 radical (unpaired) electrons. The van der Waals surface area contributed by atoms with E-state index in [1.165, 1.54) is 6.92 Å². The molecule has 50 heavy (non-hydrogen) atoms. The predicted molar refractivity (Wildman–Crippen MR) is 180 cm³/mol. The van der Waals surface area contributed by atoms with E-state index in [4.69, 9.17) is 4.74 Å². The molecule has 15 nitrogen and oxygen atoms in total. The third-order valence-corrected chi connectivity index (χ3v) is 8.81. The maximum Gasteiger partial charge on any atom is 0.252 e. The average Bonchev–Trinajstić information content (AvgIpc) is 3.72. The zero-order valence-electron chi connectivity index (χ0n) is 28.6. The van der Waals surface area contributed by atoms with E-state index in [2.05, 4.69) is 36.9 Å². The van der Waals surface area contributed by atoms with E-state index in [0.29, 0.717) is 30.8 Å². The number of benzene rings is 2. The number of aliphatic hydroxyl groups excluding tert-OH is 1. The first-order valence-electron chi connectivity index (χ1n) is 16.7. The molecule has 2 aromatic carbocycles. The highest BCUT2D eigenvalue weighted by molar-refractivity contribution is 6.01. The van der Waals surface area contributed by atoms with Crippen molar-refractivity contribution in [2.24, 2.45) is 5.92 Å². The molecule has 15 heteroatoms. The molecule has 3 aromatic rings. The van der Waals surface area contributed by atoms with Gasteiger partial charge in [0.1, 0.15) is 41.7 Å². The Bertz CT molecular complexity index is 1720. The summed E-state index contributed by atoms with van der Waals surface area (Å²) in [4.78, 5) is 67.6. The van der Waals surface area contributed by atoms with Crippen molar-refractivity contribution in [2.75, 3.05) is 6.61 Å². The van der Waals surface area contributed by atoms with Gasteiger partial charge in [-0.15, -0.1) is 5.10 Å². The van der Waals surface area contributed by atoms with E-state index < -0.39 is 59.3 Å². The quantitative estimate of drug-likeness (QED) is 0.223. The summed E-state index contributed by atoms with van der Waals surface area (Å²) in [5.41, 5.74) is 0.999. The number of aliphatic hydroxyl groups is 1. The molecule has 6 N–H and O–H groups in total. The second-order valence-corrected chi connectivity index (χ2v) is 13.2. The second kappa shape index (κ2) is 15.5. The summed E-state index contributed by atoms with van der Waals surface area (Å²) in [6, 6.07) is 10.6. The third-order valence-electron chi connectivity index (χ3n) is 8.81. The van der Waals surface area contributed by atoms with Crippen molar-refractivity contribution in [3.63, 3.8) is 0 Å². The normalized spacial score (nSPS) is 22.6. The SMILES string of the molecule is Cc1ccc2cc1OCCn1cc(nn1)CNC(=O)[C@H](Cc1ccccc1)NC(=O)[C@H]([C@@H](C)O)NC(=O)C1(CC1)NC(=O)[C@@H](C(C)C)NC2=O. The number of aryl methyl sites for hydroxylation is 1. The topological polar surface area (TPSA) is 206 Å². The van der Waals surface area contributed by atoms with Crippen molar-refractivity contribution in [1.29, 1.82) is 0 Å². The van der Waals surface area contributed by atoms with Gasteiger partial charge in [0.2, 0.25) is 23.6 Å². The van der Waals surface area contributed by atoms with Crippen molar-refractivity contribution in [3.8, 4) is 5.75 Å². The third kappa shape index (κ3) is 8.83. The molecular weight excluding hydrogens is 644 g/mol. The van der Waals surface area contributed by atoms with Crippen LogP contribution in [0, 0.1) is 12.8 Å². The lowest BCUT2D eigenvalue weighted by Gasteiger charge is -2.28. The number of nitrogens with zero attached hydrogens (tertiary/aromatic N) is 3. The second-order valence-electron chi connectivity index (χ2n) is 13.2. The van der Waals surface area contributed by atoms with Crippen LogP contribution in [0.4, 0.5) is 0 Å². The first-order chi connectivity index (χ1) is 23.8. The summed E-state index contributed by atoms with van der Waals surface area (Å²) in [6.45, 7) is 7.29. The number of fused-ring (bicyclic) bond motifs is 4. The van der Waals surface area contributed by atoms with Gasteiger partial charge in [-0.05, 0) is 55.9 Å². The Kier molecular flexibility index (Phi) is 11.1. The Morgan fingerprint density at radius 2 is 1.68 bits per heavy atom. The summed E-state index contributed by atoms with van der Waals surface area (Å²) in [5, 5.41) is 32.5. The molecular formula is C35H44N8O7. The van der Waals surface area contributed by atoms with Crippen LogP contribution in [0.15, 0.2) is 54.7 Å². The molecule has 1 spiro atoms. The Morgan fingerprint density at radius 1 is 0.940 bits per heavy atom. The number of hydrogen-bond acceptors (Lipinski definition) is 9. The average molecular weight is 689 g/mol. The van der Waals surface area contributed by atoms with E-state index in [1.54, 1.807) is 42.9 Å². The molecule has 1 aliphatic carbocycles. The molecule has 1 aromatic heterocycles. The van der Waals surface area contributed by atoms with Crippen molar-refractivity contribution in [3.05, 3.63) is 77.1 Å². The summed E-state index contributed by atoms with van der Waals surface area (Å²) in [6.07, 6.45) is 1.03. The molecule has 0 unspecified atom stereocenters. The van der Waals surface area contributed by atoms with Gasteiger partial charge in [-0.3, -0.25) is 24.0 Å². The van der Waals surface area contributed by atoms with Gasteiger partial charge in [0.25, 0.3) is 5.91 Å². The number of hydrogen-bond donors (Lipinski definition) is 6. The largest absolute Gasteiger partial charge is 0.491 e. The monoisotopic (exact) mass is 688 g/mol. The lowest BCUT2D eigenvalue weighted by Crippen LogP contribution is -2.62. The molecule has 4 bridgehead atoms. The van der Waals surface area contributed by atoms with Crippen molar-refractivity contribution >= 4 is 29.5 Å².